The molecule has 230 valence electrons. The maximum absolute atomic E-state index is 13.3. The lowest BCUT2D eigenvalue weighted by atomic mass is 9.68. The predicted octanol–water partition coefficient (Wildman–Crippen LogP) is 9.28. The molecule has 0 radical (unpaired) electrons. The molecular weight excluding hydrogens is 535 g/mol. The van der Waals surface area contributed by atoms with Crippen LogP contribution in [-0.4, -0.2) is 28.7 Å². The van der Waals surface area contributed by atoms with Gasteiger partial charge in [-0.3, -0.25) is 9.36 Å². The molecule has 3 unspecified atom stereocenters. The number of esters is 1. The minimum atomic E-state index is -3.64. The SMILES string of the molecule is CCCCCCCCP(=O)(O)OC1CC(C(=O)Oc2cc(CCCCC)cc3c2C2C=C(C)CCC2C(C)(C)O3)C1. The lowest BCUT2D eigenvalue weighted by molar-refractivity contribution is -0.145. The molecule has 0 saturated heterocycles. The van der Waals surface area contributed by atoms with Crippen LogP contribution in [0.1, 0.15) is 135 Å². The monoisotopic (exact) mass is 588 g/mol. The van der Waals surface area contributed by atoms with Gasteiger partial charge >= 0.3 is 13.6 Å². The molecule has 0 spiro atoms. The number of allylic oxidation sites excluding steroid dienone is 2. The zero-order valence-electron chi connectivity index (χ0n) is 26.1. The van der Waals surface area contributed by atoms with Crippen molar-refractivity contribution in [2.75, 3.05) is 6.16 Å². The molecule has 4 rings (SSSR count). The average Bonchev–Trinajstić information content (AvgIpc) is 2.87. The van der Waals surface area contributed by atoms with Crippen LogP contribution in [0.15, 0.2) is 23.8 Å². The Bertz CT molecular complexity index is 1120. The summed E-state index contributed by atoms with van der Waals surface area (Å²) in [4.78, 5) is 23.7. The van der Waals surface area contributed by atoms with Gasteiger partial charge in [-0.05, 0) is 83.4 Å². The van der Waals surface area contributed by atoms with Gasteiger partial charge in [0.2, 0.25) is 0 Å². The van der Waals surface area contributed by atoms with Crippen molar-refractivity contribution in [3.8, 4) is 11.5 Å². The van der Waals surface area contributed by atoms with E-state index in [1.807, 2.05) is 0 Å². The summed E-state index contributed by atoms with van der Waals surface area (Å²) in [6.45, 7) is 10.9. The number of carbonyl (C=O) groups is 1. The molecule has 1 aromatic carbocycles. The lowest BCUT2D eigenvalue weighted by Gasteiger charge is -2.46. The Hall–Kier alpha value is -1.62. The van der Waals surface area contributed by atoms with Crippen molar-refractivity contribution in [1.82, 2.24) is 0 Å². The molecule has 3 aliphatic rings. The van der Waals surface area contributed by atoms with Gasteiger partial charge in [-0.2, -0.15) is 0 Å². The zero-order valence-corrected chi connectivity index (χ0v) is 27.0. The van der Waals surface area contributed by atoms with Gasteiger partial charge in [-0.1, -0.05) is 70.4 Å². The summed E-state index contributed by atoms with van der Waals surface area (Å²) in [5, 5.41) is 0. The van der Waals surface area contributed by atoms with Crippen molar-refractivity contribution >= 4 is 13.6 Å². The van der Waals surface area contributed by atoms with E-state index in [4.69, 9.17) is 14.0 Å². The van der Waals surface area contributed by atoms with Crippen LogP contribution in [0.25, 0.3) is 0 Å². The van der Waals surface area contributed by atoms with Gasteiger partial charge < -0.3 is 18.9 Å². The summed E-state index contributed by atoms with van der Waals surface area (Å²) in [5.41, 5.74) is 3.20. The lowest BCUT2D eigenvalue weighted by Crippen LogP contribution is -2.45. The molecule has 1 aliphatic heterocycles. The molecule has 2 aliphatic carbocycles. The van der Waals surface area contributed by atoms with Crippen molar-refractivity contribution in [3.63, 3.8) is 0 Å². The average molecular weight is 589 g/mol. The van der Waals surface area contributed by atoms with Crippen LogP contribution in [0.5, 0.6) is 11.5 Å². The summed E-state index contributed by atoms with van der Waals surface area (Å²) in [7, 11) is -3.64. The van der Waals surface area contributed by atoms with Gasteiger partial charge in [0.25, 0.3) is 0 Å². The first-order valence-electron chi connectivity index (χ1n) is 16.3. The summed E-state index contributed by atoms with van der Waals surface area (Å²) in [6.07, 6.45) is 15.7. The van der Waals surface area contributed by atoms with Crippen molar-refractivity contribution in [3.05, 3.63) is 34.9 Å². The summed E-state index contributed by atoms with van der Waals surface area (Å²) in [6, 6.07) is 4.21. The fourth-order valence-electron chi connectivity index (χ4n) is 6.78. The highest BCUT2D eigenvalue weighted by Gasteiger charge is 2.46. The van der Waals surface area contributed by atoms with Crippen molar-refractivity contribution in [2.45, 2.75) is 142 Å². The van der Waals surface area contributed by atoms with Crippen LogP contribution < -0.4 is 9.47 Å². The van der Waals surface area contributed by atoms with Crippen LogP contribution in [0.3, 0.4) is 0 Å². The Kier molecular flexibility index (Phi) is 11.2. The van der Waals surface area contributed by atoms with E-state index in [9.17, 15) is 14.3 Å². The number of unbranched alkanes of at least 4 members (excludes halogenated alkanes) is 7. The number of ether oxygens (including phenoxy) is 2. The molecule has 7 heteroatoms. The van der Waals surface area contributed by atoms with E-state index in [-0.39, 0.29) is 35.7 Å². The first-order chi connectivity index (χ1) is 19.5. The number of hydrogen-bond donors (Lipinski definition) is 1. The van der Waals surface area contributed by atoms with Crippen LogP contribution >= 0.6 is 7.60 Å². The van der Waals surface area contributed by atoms with E-state index in [1.54, 1.807) is 0 Å². The van der Waals surface area contributed by atoms with Gasteiger partial charge in [0.05, 0.1) is 12.0 Å². The number of hydrogen-bond acceptors (Lipinski definition) is 5. The quantitative estimate of drug-likeness (QED) is 0.0723. The standard InChI is InChI=1S/C34H53O6P/c1-6-8-10-11-12-14-18-41(36,37)40-27-22-26(23-27)33(35)38-30-20-25(15-13-9-7-2)21-31-32(30)28-19-24(3)16-17-29(28)34(4,5)39-31/h19-21,26-29H,6-18,22-23H2,1-5H3,(H,36,37). The number of carbonyl (C=O) groups excluding carboxylic acids is 1. The summed E-state index contributed by atoms with van der Waals surface area (Å²) in [5.74, 6) is 1.32. The van der Waals surface area contributed by atoms with Crippen molar-refractivity contribution in [1.29, 1.82) is 0 Å². The van der Waals surface area contributed by atoms with Gasteiger partial charge in [0.1, 0.15) is 17.1 Å². The summed E-state index contributed by atoms with van der Waals surface area (Å²) >= 11 is 0. The normalized spacial score (nSPS) is 26.0. The van der Waals surface area contributed by atoms with E-state index < -0.39 is 7.60 Å². The highest BCUT2D eigenvalue weighted by atomic mass is 31.2. The van der Waals surface area contributed by atoms with Crippen LogP contribution in [0, 0.1) is 11.8 Å². The van der Waals surface area contributed by atoms with E-state index in [2.05, 4.69) is 52.8 Å². The van der Waals surface area contributed by atoms with Gasteiger partial charge in [-0.25, -0.2) is 0 Å². The smallest absolute Gasteiger partial charge is 0.328 e. The molecule has 0 amide bonds. The van der Waals surface area contributed by atoms with Crippen LogP contribution in [0.4, 0.5) is 0 Å². The van der Waals surface area contributed by atoms with E-state index in [1.165, 1.54) is 24.8 Å². The fourth-order valence-corrected chi connectivity index (χ4v) is 8.15. The Morgan fingerprint density at radius 1 is 1.05 bits per heavy atom. The second-order valence-electron chi connectivity index (χ2n) is 13.3. The minimum Gasteiger partial charge on any atom is -0.487 e. The third-order valence-corrected chi connectivity index (χ3v) is 10.8. The van der Waals surface area contributed by atoms with Gasteiger partial charge in [0, 0.05) is 23.6 Å². The molecule has 1 aromatic rings. The molecule has 41 heavy (non-hydrogen) atoms. The van der Waals surface area contributed by atoms with Gasteiger partial charge in [-0.15, -0.1) is 0 Å². The van der Waals surface area contributed by atoms with Crippen molar-refractivity contribution in [2.24, 2.45) is 11.8 Å². The zero-order chi connectivity index (χ0) is 29.6. The maximum atomic E-state index is 13.3. The van der Waals surface area contributed by atoms with E-state index in [0.29, 0.717) is 30.9 Å². The van der Waals surface area contributed by atoms with E-state index >= 15 is 0 Å². The van der Waals surface area contributed by atoms with Crippen LogP contribution in [-0.2, 0) is 20.3 Å². The first-order valence-corrected chi connectivity index (χ1v) is 18.0. The number of benzene rings is 1. The fraction of sp³-hybridized carbons (Fsp3) is 0.735. The highest BCUT2D eigenvalue weighted by Crippen LogP contribution is 2.54. The molecule has 1 saturated carbocycles. The van der Waals surface area contributed by atoms with E-state index in [0.717, 1.165) is 68.2 Å². The largest absolute Gasteiger partial charge is 0.487 e. The molecule has 1 N–H and O–H groups in total. The van der Waals surface area contributed by atoms with Crippen LogP contribution in [0.2, 0.25) is 0 Å². The third kappa shape index (κ3) is 8.48. The molecule has 3 atom stereocenters. The minimum absolute atomic E-state index is 0.148. The molecule has 0 aromatic heterocycles. The van der Waals surface area contributed by atoms with Crippen molar-refractivity contribution < 1.29 is 28.3 Å². The highest BCUT2D eigenvalue weighted by molar-refractivity contribution is 7.52. The molecule has 0 bridgehead atoms. The molecule has 1 fully saturated rings. The Morgan fingerprint density at radius 2 is 1.73 bits per heavy atom. The molecular formula is C34H53O6P. The topological polar surface area (TPSA) is 82.1 Å². The number of fused-ring (bicyclic) bond motifs is 3. The third-order valence-electron chi connectivity index (χ3n) is 9.33. The maximum Gasteiger partial charge on any atom is 0.328 e. The number of aryl methyl sites for hydroxylation is 1. The predicted molar refractivity (Wildman–Crippen MR) is 165 cm³/mol. The second-order valence-corrected chi connectivity index (χ2v) is 15.2. The Balaban J connectivity index is 1.42. The second kappa shape index (κ2) is 14.2. The Morgan fingerprint density at radius 3 is 2.46 bits per heavy atom. The molecule has 6 nitrogen and oxygen atoms in total. The molecule has 1 heterocycles. The van der Waals surface area contributed by atoms with Gasteiger partial charge in [0.15, 0.2) is 0 Å². The number of rotatable bonds is 15. The summed E-state index contributed by atoms with van der Waals surface area (Å²) < 4.78 is 31.0. The first kappa shape index (κ1) is 32.3. The Labute approximate surface area is 248 Å².